The molecule has 5 heteroatoms. The molecule has 0 spiro atoms. The van der Waals surface area contributed by atoms with Crippen molar-refractivity contribution in [3.8, 4) is 0 Å². The molecule has 0 aliphatic rings. The number of rotatable bonds is 7. The molecule has 2 rings (SSSR count). The molecule has 0 amide bonds. The molecule has 0 aliphatic heterocycles. The van der Waals surface area contributed by atoms with E-state index in [9.17, 15) is 0 Å². The molecule has 0 fully saturated rings. The van der Waals surface area contributed by atoms with E-state index in [4.69, 9.17) is 0 Å². The highest BCUT2D eigenvalue weighted by Gasteiger charge is 2.07. The largest absolute Gasteiger partial charge is 0.346 e. The van der Waals surface area contributed by atoms with Gasteiger partial charge in [-0.05, 0) is 17.5 Å². The molecule has 20 heavy (non-hydrogen) atoms. The zero-order valence-corrected chi connectivity index (χ0v) is 12.9. The van der Waals surface area contributed by atoms with Gasteiger partial charge in [-0.3, -0.25) is 0 Å². The summed E-state index contributed by atoms with van der Waals surface area (Å²) in [7, 11) is 0. The number of nitrogens with one attached hydrogen (secondary N) is 1. The highest BCUT2D eigenvalue weighted by molar-refractivity contribution is 5.11. The van der Waals surface area contributed by atoms with Crippen LogP contribution in [0.25, 0.3) is 0 Å². The Morgan fingerprint density at radius 3 is 2.75 bits per heavy atom. The van der Waals surface area contributed by atoms with Gasteiger partial charge in [-0.2, -0.15) is 5.10 Å². The smallest absolute Gasteiger partial charge is 0.146 e. The van der Waals surface area contributed by atoms with E-state index in [1.165, 1.54) is 5.56 Å². The van der Waals surface area contributed by atoms with Crippen LogP contribution >= 0.6 is 0 Å². The van der Waals surface area contributed by atoms with Crippen LogP contribution in [-0.4, -0.2) is 25.4 Å². The third kappa shape index (κ3) is 4.20. The van der Waals surface area contributed by atoms with Crippen molar-refractivity contribution in [3.05, 3.63) is 36.2 Å². The molecule has 1 N–H and O–H groups in total. The van der Waals surface area contributed by atoms with Crippen LogP contribution in [0.5, 0.6) is 0 Å². The van der Waals surface area contributed by atoms with E-state index in [0.29, 0.717) is 12.0 Å². The van der Waals surface area contributed by atoms with Crippen LogP contribution in [0.1, 0.15) is 39.1 Å². The average Bonchev–Trinajstić information content (AvgIpc) is 2.97. The molecule has 0 aromatic carbocycles. The Balaban J connectivity index is 1.98. The molecule has 110 valence electrons. The van der Waals surface area contributed by atoms with Gasteiger partial charge >= 0.3 is 0 Å². The molecule has 0 saturated heterocycles. The lowest BCUT2D eigenvalue weighted by atomic mass is 10.2. The SMILES string of the molecule is CC(C)Cn1ncnc1Cn1ccc(CNC(C)C)c1. The fourth-order valence-corrected chi connectivity index (χ4v) is 2.09. The normalized spacial score (nSPS) is 11.7. The Labute approximate surface area is 121 Å². The van der Waals surface area contributed by atoms with Crippen LogP contribution in [0, 0.1) is 5.92 Å². The van der Waals surface area contributed by atoms with Crippen molar-refractivity contribution in [2.45, 2.75) is 53.4 Å². The molecule has 0 bridgehead atoms. The first-order valence-electron chi connectivity index (χ1n) is 7.29. The van der Waals surface area contributed by atoms with Crippen LogP contribution in [0.3, 0.4) is 0 Å². The Kier molecular flexibility index (Phi) is 4.95. The van der Waals surface area contributed by atoms with Crippen molar-refractivity contribution in [1.29, 1.82) is 0 Å². The van der Waals surface area contributed by atoms with Crippen LogP contribution in [-0.2, 0) is 19.6 Å². The minimum Gasteiger partial charge on any atom is -0.346 e. The monoisotopic (exact) mass is 275 g/mol. The Bertz CT molecular complexity index is 524. The zero-order chi connectivity index (χ0) is 14.5. The number of aromatic nitrogens is 4. The first kappa shape index (κ1) is 14.8. The Hall–Kier alpha value is -1.62. The van der Waals surface area contributed by atoms with Gasteiger partial charge in [0.2, 0.25) is 0 Å². The van der Waals surface area contributed by atoms with Crippen molar-refractivity contribution in [2.24, 2.45) is 5.92 Å². The zero-order valence-electron chi connectivity index (χ0n) is 12.9. The third-order valence-electron chi connectivity index (χ3n) is 3.08. The lowest BCUT2D eigenvalue weighted by Gasteiger charge is -2.09. The molecular weight excluding hydrogens is 250 g/mol. The fourth-order valence-electron chi connectivity index (χ4n) is 2.09. The summed E-state index contributed by atoms with van der Waals surface area (Å²) < 4.78 is 4.16. The van der Waals surface area contributed by atoms with Gasteiger partial charge in [0.1, 0.15) is 12.2 Å². The summed E-state index contributed by atoms with van der Waals surface area (Å²) >= 11 is 0. The first-order chi connectivity index (χ1) is 9.54. The molecule has 5 nitrogen and oxygen atoms in total. The summed E-state index contributed by atoms with van der Waals surface area (Å²) in [5, 5.41) is 7.72. The van der Waals surface area contributed by atoms with Gasteiger partial charge in [0, 0.05) is 31.5 Å². The molecule has 2 heterocycles. The van der Waals surface area contributed by atoms with Crippen LogP contribution in [0.4, 0.5) is 0 Å². The van der Waals surface area contributed by atoms with Crippen molar-refractivity contribution < 1.29 is 0 Å². The van der Waals surface area contributed by atoms with Crippen molar-refractivity contribution >= 4 is 0 Å². The third-order valence-corrected chi connectivity index (χ3v) is 3.08. The highest BCUT2D eigenvalue weighted by atomic mass is 15.3. The minimum atomic E-state index is 0.507. The van der Waals surface area contributed by atoms with Crippen LogP contribution < -0.4 is 5.32 Å². The van der Waals surface area contributed by atoms with E-state index < -0.39 is 0 Å². The fraction of sp³-hybridized carbons (Fsp3) is 0.600. The second-order valence-electron chi connectivity index (χ2n) is 5.98. The minimum absolute atomic E-state index is 0.507. The van der Waals surface area contributed by atoms with Gasteiger partial charge in [0.15, 0.2) is 0 Å². The standard InChI is InChI=1S/C15H25N5/c1-12(2)8-20-15(17-11-18-20)10-19-6-5-14(9-19)7-16-13(3)4/h5-6,9,11-13,16H,7-8,10H2,1-4H3. The molecule has 2 aromatic rings. The average molecular weight is 275 g/mol. The van der Waals surface area contributed by atoms with E-state index in [1.54, 1.807) is 6.33 Å². The van der Waals surface area contributed by atoms with E-state index in [-0.39, 0.29) is 0 Å². The Morgan fingerprint density at radius 1 is 1.25 bits per heavy atom. The van der Waals surface area contributed by atoms with E-state index in [2.05, 4.69) is 66.1 Å². The second-order valence-corrected chi connectivity index (χ2v) is 5.98. The molecule has 2 aromatic heterocycles. The maximum Gasteiger partial charge on any atom is 0.146 e. The van der Waals surface area contributed by atoms with Gasteiger partial charge in [-0.1, -0.05) is 27.7 Å². The maximum absolute atomic E-state index is 4.36. The van der Waals surface area contributed by atoms with Crippen LogP contribution in [0.2, 0.25) is 0 Å². The molecule has 0 saturated carbocycles. The summed E-state index contributed by atoms with van der Waals surface area (Å²) in [4.78, 5) is 4.36. The van der Waals surface area contributed by atoms with Crippen molar-refractivity contribution in [2.75, 3.05) is 0 Å². The Morgan fingerprint density at radius 2 is 2.05 bits per heavy atom. The van der Waals surface area contributed by atoms with E-state index >= 15 is 0 Å². The topological polar surface area (TPSA) is 47.7 Å². The first-order valence-corrected chi connectivity index (χ1v) is 7.29. The lowest BCUT2D eigenvalue weighted by Crippen LogP contribution is -2.21. The van der Waals surface area contributed by atoms with Crippen LogP contribution in [0.15, 0.2) is 24.8 Å². The summed E-state index contributed by atoms with van der Waals surface area (Å²) in [5.41, 5.74) is 1.30. The quantitative estimate of drug-likeness (QED) is 0.843. The lowest BCUT2D eigenvalue weighted by molar-refractivity contribution is 0.461. The van der Waals surface area contributed by atoms with Gasteiger partial charge in [-0.25, -0.2) is 9.67 Å². The molecule has 0 atom stereocenters. The number of hydrogen-bond acceptors (Lipinski definition) is 3. The van der Waals surface area contributed by atoms with Crippen molar-refractivity contribution in [3.63, 3.8) is 0 Å². The maximum atomic E-state index is 4.36. The summed E-state index contributed by atoms with van der Waals surface area (Å²) in [6, 6.07) is 2.66. The second kappa shape index (κ2) is 6.70. The van der Waals surface area contributed by atoms with E-state index in [0.717, 1.165) is 25.5 Å². The number of nitrogens with zero attached hydrogens (tertiary/aromatic N) is 4. The van der Waals surface area contributed by atoms with Gasteiger partial charge < -0.3 is 9.88 Å². The van der Waals surface area contributed by atoms with E-state index in [1.807, 2.05) is 4.68 Å². The summed E-state index contributed by atoms with van der Waals surface area (Å²) in [6.45, 7) is 11.3. The summed E-state index contributed by atoms with van der Waals surface area (Å²) in [5.74, 6) is 1.59. The highest BCUT2D eigenvalue weighted by Crippen LogP contribution is 2.06. The van der Waals surface area contributed by atoms with Gasteiger partial charge in [-0.15, -0.1) is 0 Å². The summed E-state index contributed by atoms with van der Waals surface area (Å²) in [6.07, 6.45) is 5.91. The molecular formula is C15H25N5. The molecule has 0 radical (unpaired) electrons. The predicted octanol–water partition coefficient (Wildman–Crippen LogP) is 2.28. The van der Waals surface area contributed by atoms with Crippen molar-refractivity contribution in [1.82, 2.24) is 24.6 Å². The molecule has 0 unspecified atom stereocenters. The molecule has 0 aliphatic carbocycles. The predicted molar refractivity (Wildman–Crippen MR) is 80.4 cm³/mol. The number of hydrogen-bond donors (Lipinski definition) is 1. The van der Waals surface area contributed by atoms with Gasteiger partial charge in [0.25, 0.3) is 0 Å². The van der Waals surface area contributed by atoms with Gasteiger partial charge in [0.05, 0.1) is 6.54 Å².